The topological polar surface area (TPSA) is 98.2 Å². The van der Waals surface area contributed by atoms with Crippen LogP contribution in [-0.4, -0.2) is 48.5 Å². The number of carbonyl (C=O) groups excluding carboxylic acids is 2. The SMILES string of the molecule is [B]c1ccc(NC(=O)c2cc(F)ccc2NC(=O)c2ccc(C(=N)N3CCC3)cc2F)nc1. The number of halogens is 2. The molecule has 1 aliphatic rings. The summed E-state index contributed by atoms with van der Waals surface area (Å²) in [6.07, 6.45) is 2.32. The van der Waals surface area contributed by atoms with Gasteiger partial charge in [0.1, 0.15) is 31.1 Å². The Morgan fingerprint density at radius 1 is 0.970 bits per heavy atom. The standard InChI is InChI=1S/C23H18BF2N5O2/c24-14-3-7-20(28-12-14)30-23(33)17-11-15(25)4-6-19(17)29-22(32)16-5-2-13(10-18(16)26)21(27)31-8-1-9-31/h2-7,10-12,27H,1,8-9H2,(H,29,32)(H,28,30,33). The number of amidine groups is 1. The van der Waals surface area contributed by atoms with Crippen LogP contribution >= 0.6 is 0 Å². The van der Waals surface area contributed by atoms with E-state index in [0.29, 0.717) is 11.0 Å². The van der Waals surface area contributed by atoms with Gasteiger partial charge in [-0.3, -0.25) is 15.0 Å². The first kappa shape index (κ1) is 22.1. The minimum atomic E-state index is -0.819. The van der Waals surface area contributed by atoms with E-state index in [9.17, 15) is 18.4 Å². The quantitative estimate of drug-likeness (QED) is 0.320. The van der Waals surface area contributed by atoms with Crippen molar-refractivity contribution in [1.82, 2.24) is 9.88 Å². The normalized spacial score (nSPS) is 12.6. The Balaban J connectivity index is 1.53. The number of anilines is 2. The van der Waals surface area contributed by atoms with Gasteiger partial charge in [0.15, 0.2) is 0 Å². The molecule has 0 atom stereocenters. The van der Waals surface area contributed by atoms with Crippen LogP contribution in [0.15, 0.2) is 54.7 Å². The van der Waals surface area contributed by atoms with Gasteiger partial charge in [-0.2, -0.15) is 0 Å². The van der Waals surface area contributed by atoms with Crippen LogP contribution in [0.3, 0.4) is 0 Å². The molecule has 164 valence electrons. The fraction of sp³-hybridized carbons (Fsp3) is 0.130. The van der Waals surface area contributed by atoms with Crippen molar-refractivity contribution in [2.24, 2.45) is 0 Å². The summed E-state index contributed by atoms with van der Waals surface area (Å²) >= 11 is 0. The Bertz CT molecular complexity index is 1250. The van der Waals surface area contributed by atoms with Crippen molar-refractivity contribution in [1.29, 1.82) is 5.41 Å². The van der Waals surface area contributed by atoms with Gasteiger partial charge in [-0.1, -0.05) is 17.6 Å². The monoisotopic (exact) mass is 445 g/mol. The molecule has 7 nitrogen and oxygen atoms in total. The maximum atomic E-state index is 14.7. The molecule has 2 radical (unpaired) electrons. The molecule has 0 spiro atoms. The van der Waals surface area contributed by atoms with Crippen LogP contribution in [0.5, 0.6) is 0 Å². The molecule has 4 rings (SSSR count). The number of likely N-dealkylation sites (tertiary alicyclic amines) is 1. The molecule has 2 heterocycles. The average Bonchev–Trinajstić information content (AvgIpc) is 2.75. The lowest BCUT2D eigenvalue weighted by atomic mass is 9.99. The second kappa shape index (κ2) is 9.19. The summed E-state index contributed by atoms with van der Waals surface area (Å²) in [6.45, 7) is 1.48. The predicted octanol–water partition coefficient (Wildman–Crippen LogP) is 2.69. The molecule has 1 aromatic heterocycles. The highest BCUT2D eigenvalue weighted by Crippen LogP contribution is 2.21. The van der Waals surface area contributed by atoms with Crippen LogP contribution in [0.4, 0.5) is 20.3 Å². The molecule has 2 aromatic carbocycles. The van der Waals surface area contributed by atoms with Crippen LogP contribution in [0.25, 0.3) is 0 Å². The predicted molar refractivity (Wildman–Crippen MR) is 121 cm³/mol. The summed E-state index contributed by atoms with van der Waals surface area (Å²) in [4.78, 5) is 31.1. The Morgan fingerprint density at radius 3 is 2.36 bits per heavy atom. The van der Waals surface area contributed by atoms with Gasteiger partial charge in [0.2, 0.25) is 0 Å². The molecule has 0 bridgehead atoms. The molecule has 10 heteroatoms. The van der Waals surface area contributed by atoms with Crippen LogP contribution < -0.4 is 16.1 Å². The zero-order valence-electron chi connectivity index (χ0n) is 17.4. The number of carbonyl (C=O) groups is 2. The first-order valence-electron chi connectivity index (χ1n) is 10.1. The molecule has 0 saturated carbocycles. The zero-order valence-corrected chi connectivity index (χ0v) is 17.4. The summed E-state index contributed by atoms with van der Waals surface area (Å²) in [5.74, 6) is -2.66. The third-order valence-corrected chi connectivity index (χ3v) is 5.16. The number of rotatable bonds is 5. The number of benzene rings is 2. The van der Waals surface area contributed by atoms with E-state index in [1.54, 1.807) is 4.90 Å². The highest BCUT2D eigenvalue weighted by molar-refractivity contribution is 6.32. The van der Waals surface area contributed by atoms with Crippen molar-refractivity contribution < 1.29 is 18.4 Å². The minimum Gasteiger partial charge on any atom is -0.356 e. The van der Waals surface area contributed by atoms with E-state index in [1.807, 2.05) is 0 Å². The van der Waals surface area contributed by atoms with E-state index >= 15 is 0 Å². The molecular formula is C23H18BF2N5O2. The van der Waals surface area contributed by atoms with Gasteiger partial charge in [-0.25, -0.2) is 13.8 Å². The van der Waals surface area contributed by atoms with Gasteiger partial charge in [0.25, 0.3) is 11.8 Å². The third-order valence-electron chi connectivity index (χ3n) is 5.16. The highest BCUT2D eigenvalue weighted by Gasteiger charge is 2.22. The largest absolute Gasteiger partial charge is 0.356 e. The molecule has 1 aliphatic heterocycles. The summed E-state index contributed by atoms with van der Waals surface area (Å²) in [6, 6.07) is 10.1. The average molecular weight is 445 g/mol. The molecule has 3 aromatic rings. The fourth-order valence-electron chi connectivity index (χ4n) is 3.23. The van der Waals surface area contributed by atoms with E-state index in [2.05, 4.69) is 15.6 Å². The van der Waals surface area contributed by atoms with Gasteiger partial charge in [-0.15, -0.1) is 0 Å². The van der Waals surface area contributed by atoms with Crippen LogP contribution in [0.2, 0.25) is 0 Å². The van der Waals surface area contributed by atoms with Crippen molar-refractivity contribution in [3.05, 3.63) is 83.1 Å². The van der Waals surface area contributed by atoms with Crippen molar-refractivity contribution in [2.45, 2.75) is 6.42 Å². The Kier molecular flexibility index (Phi) is 6.17. The molecule has 1 fully saturated rings. The summed E-state index contributed by atoms with van der Waals surface area (Å²) in [5.41, 5.74) is 0.317. The van der Waals surface area contributed by atoms with E-state index < -0.39 is 23.4 Å². The molecule has 0 aliphatic carbocycles. The summed E-state index contributed by atoms with van der Waals surface area (Å²) in [5, 5.41) is 13.1. The van der Waals surface area contributed by atoms with Crippen molar-refractivity contribution in [2.75, 3.05) is 23.7 Å². The minimum absolute atomic E-state index is 0.00820. The fourth-order valence-corrected chi connectivity index (χ4v) is 3.23. The molecular weight excluding hydrogens is 427 g/mol. The van der Waals surface area contributed by atoms with E-state index in [-0.39, 0.29) is 28.5 Å². The lowest BCUT2D eigenvalue weighted by Crippen LogP contribution is -2.42. The van der Waals surface area contributed by atoms with Gasteiger partial charge in [-0.05, 0) is 42.8 Å². The van der Waals surface area contributed by atoms with Gasteiger partial charge in [0.05, 0.1) is 16.8 Å². The summed E-state index contributed by atoms with van der Waals surface area (Å²) < 4.78 is 28.5. The smallest absolute Gasteiger partial charge is 0.259 e. The second-order valence-corrected chi connectivity index (χ2v) is 7.46. The molecule has 0 unspecified atom stereocenters. The Hall–Kier alpha value is -4.08. The van der Waals surface area contributed by atoms with Gasteiger partial charge in [0, 0.05) is 24.8 Å². The van der Waals surface area contributed by atoms with Crippen molar-refractivity contribution in [3.63, 3.8) is 0 Å². The first-order valence-corrected chi connectivity index (χ1v) is 10.1. The number of hydrogen-bond donors (Lipinski definition) is 3. The molecule has 1 saturated heterocycles. The third kappa shape index (κ3) is 4.89. The summed E-state index contributed by atoms with van der Waals surface area (Å²) in [7, 11) is 5.57. The number of aromatic nitrogens is 1. The van der Waals surface area contributed by atoms with Crippen LogP contribution in [0, 0.1) is 17.0 Å². The lowest BCUT2D eigenvalue weighted by Gasteiger charge is -2.33. The Morgan fingerprint density at radius 2 is 1.73 bits per heavy atom. The van der Waals surface area contributed by atoms with E-state index in [1.165, 1.54) is 36.5 Å². The highest BCUT2D eigenvalue weighted by atomic mass is 19.1. The molecule has 3 N–H and O–H groups in total. The zero-order chi connectivity index (χ0) is 23.5. The molecule has 33 heavy (non-hydrogen) atoms. The van der Waals surface area contributed by atoms with E-state index in [0.717, 1.165) is 37.7 Å². The van der Waals surface area contributed by atoms with Crippen molar-refractivity contribution in [3.8, 4) is 0 Å². The lowest BCUT2D eigenvalue weighted by molar-refractivity contribution is 0.102. The second-order valence-electron chi connectivity index (χ2n) is 7.46. The first-order chi connectivity index (χ1) is 15.8. The number of nitrogens with zero attached hydrogens (tertiary/aromatic N) is 2. The molecule has 2 amide bonds. The maximum absolute atomic E-state index is 14.7. The van der Waals surface area contributed by atoms with Gasteiger partial charge >= 0.3 is 0 Å². The number of hydrogen-bond acceptors (Lipinski definition) is 4. The van der Waals surface area contributed by atoms with E-state index in [4.69, 9.17) is 13.3 Å². The van der Waals surface area contributed by atoms with Gasteiger partial charge < -0.3 is 15.5 Å². The van der Waals surface area contributed by atoms with Crippen LogP contribution in [0.1, 0.15) is 32.7 Å². The number of amides is 2. The van der Waals surface area contributed by atoms with Crippen molar-refractivity contribution >= 4 is 42.5 Å². The number of nitrogens with one attached hydrogen (secondary N) is 3. The van der Waals surface area contributed by atoms with Crippen LogP contribution in [-0.2, 0) is 0 Å². The number of pyridine rings is 1. The Labute approximate surface area is 189 Å². The maximum Gasteiger partial charge on any atom is 0.259 e.